The van der Waals surface area contributed by atoms with E-state index in [0.717, 1.165) is 0 Å². The summed E-state index contributed by atoms with van der Waals surface area (Å²) in [5, 5.41) is 34.1. The first kappa shape index (κ1) is 47.9. The smallest absolute Gasteiger partial charge is 0.311 e. The number of ketones is 1. The molecule has 19 atom stereocenters. The number of ether oxygens (including phenoxy) is 8. The summed E-state index contributed by atoms with van der Waals surface area (Å²) >= 11 is 0. The highest BCUT2D eigenvalue weighted by atomic mass is 16.7. The number of esters is 3. The van der Waals surface area contributed by atoms with Crippen LogP contribution in [0.5, 0.6) is 0 Å². The average Bonchev–Trinajstić information content (AvgIpc) is 3.10. The molecule has 3 aliphatic rings. The zero-order valence-electron chi connectivity index (χ0n) is 35.6. The number of Topliss-reactive ketones (excluding diaryl/α,β-unsaturated/α-hetero) is 1. The van der Waals surface area contributed by atoms with Gasteiger partial charge in [0, 0.05) is 45.1 Å². The van der Waals surface area contributed by atoms with Gasteiger partial charge in [-0.25, -0.2) is 0 Å². The average molecular weight is 801 g/mol. The van der Waals surface area contributed by atoms with Crippen LogP contribution in [0.25, 0.3) is 0 Å². The molecule has 3 rings (SSSR count). The molecule has 3 N–H and O–H groups in total. The molecule has 0 aromatic heterocycles. The van der Waals surface area contributed by atoms with Gasteiger partial charge in [-0.1, -0.05) is 34.6 Å². The van der Waals surface area contributed by atoms with E-state index in [1.54, 1.807) is 68.4 Å². The van der Waals surface area contributed by atoms with Crippen molar-refractivity contribution >= 4 is 23.7 Å². The number of aliphatic hydroxyl groups is 3. The molecule has 7 unspecified atom stereocenters. The highest BCUT2D eigenvalue weighted by Crippen LogP contribution is 2.39. The zero-order valence-corrected chi connectivity index (χ0v) is 35.6. The second-order valence-corrected chi connectivity index (χ2v) is 16.9. The van der Waals surface area contributed by atoms with Gasteiger partial charge in [-0.15, -0.1) is 0 Å². The summed E-state index contributed by atoms with van der Waals surface area (Å²) in [5.41, 5.74) is -1.30. The Hall–Kier alpha value is -2.50. The Morgan fingerprint density at radius 3 is 2.04 bits per heavy atom. The summed E-state index contributed by atoms with van der Waals surface area (Å²) < 4.78 is 48.6. The predicted molar refractivity (Wildman–Crippen MR) is 201 cm³/mol. The minimum absolute atomic E-state index is 0.141. The number of rotatable bonds is 9. The standard InChI is InChI=1S/C41H68O15/c1-18-15-31(51-27(10)34(18)52-28(11)43)54-37-22(5)33(56-40-32(45)30(49-14)16-20(3)50-40)19(2)17-41(13,48)38(46)24(7)36(53-29(12)44)23(6)35(21(4)26(9)42)55-39(47)25(37)8/h15,19-27,30-37,40,42,45,48H,16-17H2,1-14H3/t19-,20?,21-,22+,23-,24+,25+,26-,27?,30?,31?,32?,33-,34?,35+,36-,37-,40?,41-/m0/s1. The summed E-state index contributed by atoms with van der Waals surface area (Å²) in [6, 6.07) is 0. The number of carbonyl (C=O) groups is 4. The van der Waals surface area contributed by atoms with Crippen molar-refractivity contribution in [2.45, 2.75) is 182 Å². The van der Waals surface area contributed by atoms with Crippen LogP contribution in [0, 0.1) is 35.5 Å². The third kappa shape index (κ3) is 11.6. The lowest BCUT2D eigenvalue weighted by Gasteiger charge is -2.45. The van der Waals surface area contributed by atoms with Gasteiger partial charge in [0.1, 0.15) is 30.0 Å². The van der Waals surface area contributed by atoms with Gasteiger partial charge in [0.15, 0.2) is 18.4 Å². The van der Waals surface area contributed by atoms with Gasteiger partial charge in [0.2, 0.25) is 0 Å². The van der Waals surface area contributed by atoms with Crippen molar-refractivity contribution in [2.24, 2.45) is 35.5 Å². The molecule has 322 valence electrons. The molecule has 0 amide bonds. The molecule has 0 aliphatic carbocycles. The molecule has 0 saturated carbocycles. The van der Waals surface area contributed by atoms with Crippen LogP contribution in [-0.4, -0.2) is 125 Å². The number of cyclic esters (lactones) is 1. The van der Waals surface area contributed by atoms with Crippen molar-refractivity contribution in [3.8, 4) is 0 Å². The number of hydrogen-bond acceptors (Lipinski definition) is 15. The van der Waals surface area contributed by atoms with Crippen LogP contribution in [0.1, 0.15) is 103 Å². The zero-order chi connectivity index (χ0) is 42.6. The fourth-order valence-corrected chi connectivity index (χ4v) is 8.64. The maximum Gasteiger partial charge on any atom is 0.311 e. The molecule has 3 aliphatic heterocycles. The minimum atomic E-state index is -1.98. The molecule has 3 heterocycles. The molecule has 2 saturated heterocycles. The fraction of sp³-hybridized carbons (Fsp3) is 0.854. The third-order valence-electron chi connectivity index (χ3n) is 11.9. The van der Waals surface area contributed by atoms with E-state index in [0.29, 0.717) is 12.0 Å². The van der Waals surface area contributed by atoms with Gasteiger partial charge >= 0.3 is 17.9 Å². The van der Waals surface area contributed by atoms with Crippen LogP contribution in [0.15, 0.2) is 11.6 Å². The Labute approximate surface area is 332 Å². The molecule has 15 heteroatoms. The Bertz CT molecular complexity index is 1380. The first-order valence-electron chi connectivity index (χ1n) is 19.9. The highest BCUT2D eigenvalue weighted by molar-refractivity contribution is 5.89. The lowest BCUT2D eigenvalue weighted by molar-refractivity contribution is -0.298. The van der Waals surface area contributed by atoms with Gasteiger partial charge in [-0.2, -0.15) is 0 Å². The molecule has 15 nitrogen and oxygen atoms in total. The molecule has 2 fully saturated rings. The van der Waals surface area contributed by atoms with Gasteiger partial charge in [0.25, 0.3) is 0 Å². The molecule has 0 radical (unpaired) electrons. The monoisotopic (exact) mass is 800 g/mol. The van der Waals surface area contributed by atoms with Crippen molar-refractivity contribution in [1.82, 2.24) is 0 Å². The van der Waals surface area contributed by atoms with Crippen LogP contribution in [0.4, 0.5) is 0 Å². The lowest BCUT2D eigenvalue weighted by atomic mass is 9.74. The Balaban J connectivity index is 2.23. The van der Waals surface area contributed by atoms with Crippen molar-refractivity contribution in [2.75, 3.05) is 7.11 Å². The minimum Gasteiger partial charge on any atom is -0.461 e. The molecular formula is C41H68O15. The summed E-state index contributed by atoms with van der Waals surface area (Å²) in [7, 11) is 1.49. The normalized spacial score (nSPS) is 43.1. The molecular weight excluding hydrogens is 732 g/mol. The maximum atomic E-state index is 14.5. The molecule has 0 bridgehead atoms. The van der Waals surface area contributed by atoms with Crippen LogP contribution >= 0.6 is 0 Å². The van der Waals surface area contributed by atoms with E-state index < -0.39 is 132 Å². The van der Waals surface area contributed by atoms with Crippen molar-refractivity contribution in [3.05, 3.63) is 11.6 Å². The summed E-state index contributed by atoms with van der Waals surface area (Å²) in [6.45, 7) is 20.9. The van der Waals surface area contributed by atoms with E-state index in [1.165, 1.54) is 27.9 Å². The van der Waals surface area contributed by atoms with E-state index in [9.17, 15) is 34.5 Å². The second-order valence-electron chi connectivity index (χ2n) is 16.9. The van der Waals surface area contributed by atoms with Gasteiger partial charge in [-0.3, -0.25) is 19.2 Å². The molecule has 0 spiro atoms. The SMILES string of the molecule is COC1CC(C)OC(O[C@@H]2[C@@H](C)[C@H](OC3C=C(C)C(OC(C)=O)C(C)O3)[C@@H](C)C(=O)O[C@H]([C@@H](C)[C@H](C)O)[C@H](C)[C@H](OC(C)=O)[C@@H](C)C(=O)[C@@](C)(O)C[C@@H]2C)C1O. The Morgan fingerprint density at radius 1 is 0.893 bits per heavy atom. The summed E-state index contributed by atoms with van der Waals surface area (Å²) in [4.78, 5) is 53.1. The molecule has 0 aromatic carbocycles. The fourth-order valence-electron chi connectivity index (χ4n) is 8.64. The van der Waals surface area contributed by atoms with Gasteiger partial charge < -0.3 is 53.2 Å². The Morgan fingerprint density at radius 2 is 1.50 bits per heavy atom. The van der Waals surface area contributed by atoms with Crippen LogP contribution in [0.3, 0.4) is 0 Å². The molecule has 0 aromatic rings. The van der Waals surface area contributed by atoms with Gasteiger partial charge in [0.05, 0.1) is 48.5 Å². The number of aliphatic hydroxyl groups excluding tert-OH is 2. The van der Waals surface area contributed by atoms with Crippen molar-refractivity contribution < 1.29 is 72.4 Å². The number of methoxy groups -OCH3 is 1. The lowest BCUT2D eigenvalue weighted by Crippen LogP contribution is -2.55. The molecule has 56 heavy (non-hydrogen) atoms. The second kappa shape index (κ2) is 20.0. The first-order valence-corrected chi connectivity index (χ1v) is 19.9. The van der Waals surface area contributed by atoms with Crippen molar-refractivity contribution in [3.63, 3.8) is 0 Å². The summed E-state index contributed by atoms with van der Waals surface area (Å²) in [6.07, 6.45) is -8.88. The van der Waals surface area contributed by atoms with Crippen LogP contribution in [-0.2, 0) is 57.1 Å². The van der Waals surface area contributed by atoms with Gasteiger partial charge in [-0.05, 0) is 65.5 Å². The van der Waals surface area contributed by atoms with E-state index in [2.05, 4.69) is 0 Å². The quantitative estimate of drug-likeness (QED) is 0.173. The van der Waals surface area contributed by atoms with Crippen LogP contribution in [0.2, 0.25) is 0 Å². The number of carbonyl (C=O) groups excluding carboxylic acids is 4. The first-order chi connectivity index (χ1) is 25.9. The van der Waals surface area contributed by atoms with E-state index in [4.69, 9.17) is 37.9 Å². The number of hydrogen-bond donors (Lipinski definition) is 3. The Kier molecular flexibility index (Phi) is 17.1. The van der Waals surface area contributed by atoms with Crippen molar-refractivity contribution in [1.29, 1.82) is 0 Å². The highest BCUT2D eigenvalue weighted by Gasteiger charge is 2.50. The maximum absolute atomic E-state index is 14.5. The summed E-state index contributed by atoms with van der Waals surface area (Å²) in [5.74, 6) is -7.44. The van der Waals surface area contributed by atoms with E-state index in [1.807, 2.05) is 6.92 Å². The topological polar surface area (TPSA) is 203 Å². The largest absolute Gasteiger partial charge is 0.461 e. The van der Waals surface area contributed by atoms with E-state index >= 15 is 0 Å². The third-order valence-corrected chi connectivity index (χ3v) is 11.9. The predicted octanol–water partition coefficient (Wildman–Crippen LogP) is 3.66. The van der Waals surface area contributed by atoms with E-state index in [-0.39, 0.29) is 12.5 Å². The van der Waals surface area contributed by atoms with Crippen LogP contribution < -0.4 is 0 Å².